The molecule has 0 saturated heterocycles. The van der Waals surface area contributed by atoms with Crippen LogP contribution in [0.5, 0.6) is 5.75 Å². The van der Waals surface area contributed by atoms with E-state index in [-0.39, 0.29) is 5.78 Å². The van der Waals surface area contributed by atoms with Crippen LogP contribution in [0.4, 0.5) is 0 Å². The summed E-state index contributed by atoms with van der Waals surface area (Å²) in [7, 11) is 0. The molecule has 0 saturated carbocycles. The van der Waals surface area contributed by atoms with E-state index in [1.807, 2.05) is 19.1 Å². The standard InChI is InChI=1S/C14H13NO2/c1-2-17-13-8-4-3-7-12(13)14(16)11-6-5-9-15-10-11/h3-10H,2H2,1H3. The summed E-state index contributed by atoms with van der Waals surface area (Å²) in [5.41, 5.74) is 1.14. The van der Waals surface area contributed by atoms with E-state index in [1.54, 1.807) is 36.7 Å². The second kappa shape index (κ2) is 5.25. The van der Waals surface area contributed by atoms with Crippen molar-refractivity contribution in [2.24, 2.45) is 0 Å². The third-order valence-corrected chi connectivity index (χ3v) is 2.36. The van der Waals surface area contributed by atoms with Gasteiger partial charge in [-0.05, 0) is 31.2 Å². The number of nitrogens with zero attached hydrogens (tertiary/aromatic N) is 1. The van der Waals surface area contributed by atoms with Crippen molar-refractivity contribution in [1.82, 2.24) is 4.98 Å². The fraction of sp³-hybridized carbons (Fsp3) is 0.143. The van der Waals surface area contributed by atoms with E-state index in [1.165, 1.54) is 0 Å². The predicted molar refractivity (Wildman–Crippen MR) is 65.3 cm³/mol. The van der Waals surface area contributed by atoms with Crippen LogP contribution in [-0.4, -0.2) is 17.4 Å². The molecular formula is C14H13NO2. The Morgan fingerprint density at radius 1 is 1.24 bits per heavy atom. The van der Waals surface area contributed by atoms with E-state index >= 15 is 0 Å². The molecule has 0 aliphatic heterocycles. The van der Waals surface area contributed by atoms with Crippen molar-refractivity contribution in [2.45, 2.75) is 6.92 Å². The summed E-state index contributed by atoms with van der Waals surface area (Å²) in [5.74, 6) is 0.547. The number of ketones is 1. The number of rotatable bonds is 4. The molecule has 0 aliphatic carbocycles. The van der Waals surface area contributed by atoms with Crippen molar-refractivity contribution in [1.29, 1.82) is 0 Å². The lowest BCUT2D eigenvalue weighted by Crippen LogP contribution is -2.05. The lowest BCUT2D eigenvalue weighted by molar-refractivity contribution is 0.103. The maximum atomic E-state index is 12.2. The van der Waals surface area contributed by atoms with Gasteiger partial charge in [-0.3, -0.25) is 9.78 Å². The SMILES string of the molecule is CCOc1ccccc1C(=O)c1cccnc1. The zero-order chi connectivity index (χ0) is 12.1. The highest BCUT2D eigenvalue weighted by Gasteiger charge is 2.13. The molecule has 1 aromatic carbocycles. The Morgan fingerprint density at radius 2 is 2.06 bits per heavy atom. The van der Waals surface area contributed by atoms with Crippen molar-refractivity contribution < 1.29 is 9.53 Å². The van der Waals surface area contributed by atoms with Crippen molar-refractivity contribution in [3.63, 3.8) is 0 Å². The second-order valence-electron chi connectivity index (χ2n) is 3.50. The number of para-hydroxylation sites is 1. The van der Waals surface area contributed by atoms with Crippen molar-refractivity contribution in [3.05, 3.63) is 59.9 Å². The van der Waals surface area contributed by atoms with Crippen LogP contribution in [0.25, 0.3) is 0 Å². The van der Waals surface area contributed by atoms with Gasteiger partial charge in [0.25, 0.3) is 0 Å². The molecule has 1 heterocycles. The fourth-order valence-corrected chi connectivity index (χ4v) is 1.59. The van der Waals surface area contributed by atoms with Crippen LogP contribution in [0, 0.1) is 0 Å². The second-order valence-corrected chi connectivity index (χ2v) is 3.50. The molecule has 0 bridgehead atoms. The number of carbonyl (C=O) groups is 1. The van der Waals surface area contributed by atoms with Crippen LogP contribution in [0.15, 0.2) is 48.8 Å². The first-order chi connectivity index (χ1) is 8.33. The Balaban J connectivity index is 2.37. The largest absolute Gasteiger partial charge is 0.493 e. The van der Waals surface area contributed by atoms with E-state index < -0.39 is 0 Å². The molecule has 0 radical (unpaired) electrons. The molecule has 1 aromatic heterocycles. The first-order valence-electron chi connectivity index (χ1n) is 5.49. The van der Waals surface area contributed by atoms with Gasteiger partial charge in [-0.15, -0.1) is 0 Å². The van der Waals surface area contributed by atoms with E-state index in [9.17, 15) is 4.79 Å². The number of aromatic nitrogens is 1. The van der Waals surface area contributed by atoms with Crippen LogP contribution in [0.3, 0.4) is 0 Å². The van der Waals surface area contributed by atoms with Crippen LogP contribution < -0.4 is 4.74 Å². The minimum Gasteiger partial charge on any atom is -0.493 e. The first-order valence-corrected chi connectivity index (χ1v) is 5.49. The Morgan fingerprint density at radius 3 is 2.76 bits per heavy atom. The summed E-state index contributed by atoms with van der Waals surface area (Å²) in [4.78, 5) is 16.2. The molecule has 2 aromatic rings. The average Bonchev–Trinajstić information content (AvgIpc) is 2.40. The van der Waals surface area contributed by atoms with Gasteiger partial charge >= 0.3 is 0 Å². The molecule has 17 heavy (non-hydrogen) atoms. The molecule has 0 atom stereocenters. The predicted octanol–water partition coefficient (Wildman–Crippen LogP) is 2.71. The monoisotopic (exact) mass is 227 g/mol. The zero-order valence-electron chi connectivity index (χ0n) is 9.59. The highest BCUT2D eigenvalue weighted by Crippen LogP contribution is 2.21. The van der Waals surface area contributed by atoms with Crippen LogP contribution >= 0.6 is 0 Å². The summed E-state index contributed by atoms with van der Waals surface area (Å²) in [6, 6.07) is 10.7. The highest BCUT2D eigenvalue weighted by atomic mass is 16.5. The van der Waals surface area contributed by atoms with Gasteiger partial charge in [-0.25, -0.2) is 0 Å². The Labute approximate surface area is 100 Å². The molecule has 0 spiro atoms. The van der Waals surface area contributed by atoms with E-state index in [2.05, 4.69) is 4.98 Å². The summed E-state index contributed by atoms with van der Waals surface area (Å²) in [5, 5.41) is 0. The molecule has 0 fully saturated rings. The van der Waals surface area contributed by atoms with Gasteiger partial charge in [0.05, 0.1) is 12.2 Å². The quantitative estimate of drug-likeness (QED) is 0.754. The molecule has 0 unspecified atom stereocenters. The third-order valence-electron chi connectivity index (χ3n) is 2.36. The third kappa shape index (κ3) is 2.50. The molecule has 0 amide bonds. The Bertz CT molecular complexity index is 509. The normalized spacial score (nSPS) is 9.94. The van der Waals surface area contributed by atoms with Crippen LogP contribution in [-0.2, 0) is 0 Å². The smallest absolute Gasteiger partial charge is 0.198 e. The number of ether oxygens (including phenoxy) is 1. The lowest BCUT2D eigenvalue weighted by atomic mass is 10.0. The zero-order valence-corrected chi connectivity index (χ0v) is 9.59. The van der Waals surface area contributed by atoms with Gasteiger partial charge in [-0.1, -0.05) is 12.1 Å². The first kappa shape index (κ1) is 11.3. The molecular weight excluding hydrogens is 214 g/mol. The van der Waals surface area contributed by atoms with E-state index in [0.29, 0.717) is 23.5 Å². The maximum Gasteiger partial charge on any atom is 0.198 e. The summed E-state index contributed by atoms with van der Waals surface area (Å²) >= 11 is 0. The minimum atomic E-state index is -0.0675. The van der Waals surface area contributed by atoms with Crippen molar-refractivity contribution in [3.8, 4) is 5.75 Å². The van der Waals surface area contributed by atoms with E-state index in [0.717, 1.165) is 0 Å². The van der Waals surface area contributed by atoms with Crippen LogP contribution in [0.2, 0.25) is 0 Å². The molecule has 86 valence electrons. The fourth-order valence-electron chi connectivity index (χ4n) is 1.59. The van der Waals surface area contributed by atoms with Gasteiger partial charge in [0.2, 0.25) is 0 Å². The number of carbonyl (C=O) groups excluding carboxylic acids is 1. The number of benzene rings is 1. The summed E-state index contributed by atoms with van der Waals surface area (Å²) in [6.07, 6.45) is 3.20. The lowest BCUT2D eigenvalue weighted by Gasteiger charge is -2.08. The summed E-state index contributed by atoms with van der Waals surface area (Å²) < 4.78 is 5.44. The Kier molecular flexibility index (Phi) is 3.50. The average molecular weight is 227 g/mol. The topological polar surface area (TPSA) is 39.2 Å². The van der Waals surface area contributed by atoms with Gasteiger partial charge in [0, 0.05) is 18.0 Å². The van der Waals surface area contributed by atoms with Crippen molar-refractivity contribution in [2.75, 3.05) is 6.61 Å². The van der Waals surface area contributed by atoms with Gasteiger partial charge in [0.1, 0.15) is 5.75 Å². The van der Waals surface area contributed by atoms with Gasteiger partial charge in [0.15, 0.2) is 5.78 Å². The van der Waals surface area contributed by atoms with Gasteiger partial charge < -0.3 is 4.74 Å². The number of hydrogen-bond acceptors (Lipinski definition) is 3. The molecule has 3 nitrogen and oxygen atoms in total. The van der Waals surface area contributed by atoms with E-state index in [4.69, 9.17) is 4.74 Å². The van der Waals surface area contributed by atoms with Crippen molar-refractivity contribution >= 4 is 5.78 Å². The van der Waals surface area contributed by atoms with Gasteiger partial charge in [-0.2, -0.15) is 0 Å². The highest BCUT2D eigenvalue weighted by molar-refractivity contribution is 6.10. The molecule has 0 N–H and O–H groups in total. The number of hydrogen-bond donors (Lipinski definition) is 0. The molecule has 3 heteroatoms. The minimum absolute atomic E-state index is 0.0675. The number of pyridine rings is 1. The molecule has 0 aliphatic rings. The van der Waals surface area contributed by atoms with Crippen LogP contribution in [0.1, 0.15) is 22.8 Å². The molecule has 2 rings (SSSR count). The summed E-state index contributed by atoms with van der Waals surface area (Å²) in [6.45, 7) is 2.43. The maximum absolute atomic E-state index is 12.2. The Hall–Kier alpha value is -2.16.